The molecule has 0 radical (unpaired) electrons. The summed E-state index contributed by atoms with van der Waals surface area (Å²) in [6.45, 7) is 3.30. The van der Waals surface area contributed by atoms with Crippen molar-refractivity contribution in [3.8, 4) is 11.8 Å². The molecule has 3 rings (SSSR count). The highest BCUT2D eigenvalue weighted by atomic mass is 16.6. The lowest BCUT2D eigenvalue weighted by Crippen LogP contribution is -2.51. The quantitative estimate of drug-likeness (QED) is 0.0435. The number of hydrogen-bond donors (Lipinski definition) is 7. The van der Waals surface area contributed by atoms with E-state index in [1.807, 2.05) is 48.5 Å². The monoisotopic (exact) mass is 853 g/mol. The second kappa shape index (κ2) is 28.4. The van der Waals surface area contributed by atoms with Crippen LogP contribution in [0.25, 0.3) is 0 Å². The number of hydrogen-bond acceptors (Lipinski definition) is 11. The minimum absolute atomic E-state index is 0.0191. The Hall–Kier alpha value is -6.07. The van der Waals surface area contributed by atoms with Crippen molar-refractivity contribution in [2.75, 3.05) is 70.8 Å². The van der Waals surface area contributed by atoms with Crippen LogP contribution in [0.1, 0.15) is 68.1 Å². The van der Waals surface area contributed by atoms with E-state index in [1.165, 1.54) is 0 Å². The van der Waals surface area contributed by atoms with Crippen molar-refractivity contribution in [1.29, 1.82) is 0 Å². The van der Waals surface area contributed by atoms with Crippen molar-refractivity contribution in [2.45, 2.75) is 70.0 Å². The van der Waals surface area contributed by atoms with Gasteiger partial charge in [-0.3, -0.25) is 19.2 Å². The number of unbranched alkanes of at least 4 members (excludes halogenated alkanes) is 1. The summed E-state index contributed by atoms with van der Waals surface area (Å²) < 4.78 is 21.8. The lowest BCUT2D eigenvalue weighted by molar-refractivity contribution is -0.141. The maximum Gasteiger partial charge on any atom is 0.326 e. The number of nitrogens with one attached hydrogen (secondary N) is 4. The van der Waals surface area contributed by atoms with Gasteiger partial charge in [0.25, 0.3) is 0 Å². The van der Waals surface area contributed by atoms with E-state index in [2.05, 4.69) is 33.1 Å². The van der Waals surface area contributed by atoms with Crippen LogP contribution in [0.5, 0.6) is 0 Å². The first kappa shape index (κ1) is 49.3. The Morgan fingerprint density at radius 2 is 1.13 bits per heavy atom. The summed E-state index contributed by atoms with van der Waals surface area (Å²) in [5.41, 5.74) is 3.29. The Balaban J connectivity index is 1.11. The maximum atomic E-state index is 13.3. The molecule has 0 fully saturated rings. The molecule has 19 heteroatoms. The van der Waals surface area contributed by atoms with Gasteiger partial charge in [-0.1, -0.05) is 42.2 Å². The molecule has 332 valence electrons. The number of para-hydroxylation sites is 1. The molecule has 0 saturated heterocycles. The van der Waals surface area contributed by atoms with E-state index >= 15 is 0 Å². The topological polar surface area (TPSA) is 268 Å². The second-order valence-corrected chi connectivity index (χ2v) is 13.6. The number of rotatable bonds is 30. The van der Waals surface area contributed by atoms with Gasteiger partial charge >= 0.3 is 23.9 Å². The highest BCUT2D eigenvalue weighted by Gasteiger charge is 2.25. The third kappa shape index (κ3) is 20.2. The van der Waals surface area contributed by atoms with E-state index in [9.17, 15) is 38.7 Å². The van der Waals surface area contributed by atoms with Crippen molar-refractivity contribution >= 4 is 47.3 Å². The van der Waals surface area contributed by atoms with Crippen LogP contribution in [0.4, 0.5) is 10.5 Å². The largest absolute Gasteiger partial charge is 0.481 e. The van der Waals surface area contributed by atoms with Crippen LogP contribution in [0.3, 0.4) is 0 Å². The van der Waals surface area contributed by atoms with E-state index in [0.717, 1.165) is 22.4 Å². The molecular formula is C42H55N5O14. The van der Waals surface area contributed by atoms with Gasteiger partial charge in [0, 0.05) is 49.9 Å². The molecule has 2 atom stereocenters. The Labute approximate surface area is 353 Å². The van der Waals surface area contributed by atoms with Crippen molar-refractivity contribution < 1.29 is 67.8 Å². The van der Waals surface area contributed by atoms with Crippen LogP contribution in [-0.4, -0.2) is 135 Å². The van der Waals surface area contributed by atoms with E-state index in [0.29, 0.717) is 59.0 Å². The molecule has 5 amide bonds. The number of nitrogens with zero attached hydrogens (tertiary/aromatic N) is 1. The van der Waals surface area contributed by atoms with Gasteiger partial charge in [-0.25, -0.2) is 14.4 Å². The number of aliphatic carboxylic acids is 3. The maximum absolute atomic E-state index is 13.3. The van der Waals surface area contributed by atoms with Gasteiger partial charge in [-0.15, -0.1) is 0 Å². The first-order valence-corrected chi connectivity index (χ1v) is 20.0. The van der Waals surface area contributed by atoms with E-state index in [4.69, 9.17) is 29.2 Å². The molecule has 0 aromatic heterocycles. The summed E-state index contributed by atoms with van der Waals surface area (Å²) in [5.74, 6) is 1.68. The predicted molar refractivity (Wildman–Crippen MR) is 218 cm³/mol. The Morgan fingerprint density at radius 3 is 1.79 bits per heavy atom. The number of ether oxygens (including phenoxy) is 4. The predicted octanol–water partition coefficient (Wildman–Crippen LogP) is 1.64. The van der Waals surface area contributed by atoms with E-state index in [-0.39, 0.29) is 76.2 Å². The molecule has 61 heavy (non-hydrogen) atoms. The number of carbonyl (C=O) groups is 7. The number of amides is 5. The highest BCUT2D eigenvalue weighted by Crippen LogP contribution is 2.26. The fraction of sp³-hybridized carbons (Fsp3) is 0.500. The van der Waals surface area contributed by atoms with Crippen molar-refractivity contribution in [3.63, 3.8) is 0 Å². The first-order chi connectivity index (χ1) is 29.4. The molecule has 1 aliphatic rings. The smallest absolute Gasteiger partial charge is 0.326 e. The van der Waals surface area contributed by atoms with Crippen LogP contribution < -0.4 is 26.2 Å². The number of anilines is 1. The zero-order valence-electron chi connectivity index (χ0n) is 34.0. The Bertz CT molecular complexity index is 1830. The van der Waals surface area contributed by atoms with Gasteiger partial charge in [0.05, 0.1) is 65.1 Å². The third-order valence-electron chi connectivity index (χ3n) is 8.99. The van der Waals surface area contributed by atoms with Crippen molar-refractivity contribution in [1.82, 2.24) is 21.3 Å². The fourth-order valence-electron chi connectivity index (χ4n) is 5.77. The molecule has 0 spiro atoms. The Morgan fingerprint density at radius 1 is 0.590 bits per heavy atom. The van der Waals surface area contributed by atoms with Crippen molar-refractivity contribution in [2.24, 2.45) is 0 Å². The average molecular weight is 854 g/mol. The van der Waals surface area contributed by atoms with Gasteiger partial charge in [-0.2, -0.15) is 0 Å². The number of carboxylic acids is 3. The molecule has 1 aliphatic heterocycles. The average Bonchev–Trinajstić information content (AvgIpc) is 3.22. The lowest BCUT2D eigenvalue weighted by Gasteiger charge is -2.26. The molecule has 0 aliphatic carbocycles. The normalized spacial score (nSPS) is 12.5. The lowest BCUT2D eigenvalue weighted by atomic mass is 10.0. The number of urea groups is 1. The SMILES string of the molecule is O=C(O)CC[C@H](NC(=O)N[C@@H](CCCCNC(=O)CCOCCOCCOCCOCCNC(=O)CCC(=O)N1Cc2ccccc2C#Cc2ccccc21)C(=O)O)C(=O)O. The first-order valence-electron chi connectivity index (χ1n) is 20.0. The molecule has 0 saturated carbocycles. The van der Waals surface area contributed by atoms with Crippen LogP contribution in [-0.2, 0) is 54.3 Å². The third-order valence-corrected chi connectivity index (χ3v) is 8.99. The summed E-state index contributed by atoms with van der Waals surface area (Å²) in [4.78, 5) is 85.0. The molecule has 2 aromatic rings. The number of benzene rings is 2. The van der Waals surface area contributed by atoms with Crippen LogP contribution in [0, 0.1) is 11.8 Å². The minimum atomic E-state index is -1.49. The molecular weight excluding hydrogens is 798 g/mol. The number of carbonyl (C=O) groups excluding carboxylic acids is 4. The Kier molecular flexibility index (Phi) is 23.0. The van der Waals surface area contributed by atoms with Crippen molar-refractivity contribution in [3.05, 3.63) is 65.2 Å². The van der Waals surface area contributed by atoms with Crippen LogP contribution in [0.15, 0.2) is 48.5 Å². The molecule has 1 heterocycles. The number of carboxylic acid groups (broad SMARTS) is 3. The zero-order chi connectivity index (χ0) is 44.2. The molecule has 19 nitrogen and oxygen atoms in total. The summed E-state index contributed by atoms with van der Waals surface area (Å²) in [6, 6.07) is 11.4. The summed E-state index contributed by atoms with van der Waals surface area (Å²) >= 11 is 0. The van der Waals surface area contributed by atoms with Crippen LogP contribution >= 0.6 is 0 Å². The minimum Gasteiger partial charge on any atom is -0.481 e. The van der Waals surface area contributed by atoms with Gasteiger partial charge in [0.1, 0.15) is 12.1 Å². The van der Waals surface area contributed by atoms with E-state index < -0.39 is 42.4 Å². The summed E-state index contributed by atoms with van der Waals surface area (Å²) in [6.07, 6.45) is 0.118. The zero-order valence-corrected chi connectivity index (χ0v) is 34.0. The highest BCUT2D eigenvalue weighted by molar-refractivity contribution is 5.97. The van der Waals surface area contributed by atoms with Gasteiger partial charge < -0.3 is 60.4 Å². The van der Waals surface area contributed by atoms with E-state index in [1.54, 1.807) is 4.90 Å². The molecule has 0 unspecified atom stereocenters. The molecule has 7 N–H and O–H groups in total. The molecule has 2 aromatic carbocycles. The summed E-state index contributed by atoms with van der Waals surface area (Å²) in [5, 5.41) is 36.9. The van der Waals surface area contributed by atoms with Crippen LogP contribution in [0.2, 0.25) is 0 Å². The molecule has 0 bridgehead atoms. The number of fused-ring (bicyclic) bond motifs is 2. The van der Waals surface area contributed by atoms with Gasteiger partial charge in [-0.05, 0) is 49.4 Å². The second-order valence-electron chi connectivity index (χ2n) is 13.6. The van der Waals surface area contributed by atoms with Gasteiger partial charge in [0.15, 0.2) is 0 Å². The van der Waals surface area contributed by atoms with Gasteiger partial charge in [0.2, 0.25) is 17.7 Å². The fourth-order valence-corrected chi connectivity index (χ4v) is 5.77. The summed E-state index contributed by atoms with van der Waals surface area (Å²) in [7, 11) is 0. The standard InChI is InChI=1S/C42H55N5O14/c48-36(15-16-38(50)47-29-32-9-2-1-7-30(32)12-13-31-8-3-4-11-35(31)47)44-20-22-59-24-26-61-28-27-60-25-23-58-21-18-37(49)43-19-6-5-10-33(40(53)54)45-42(57)46-34(41(55)56)14-17-39(51)52/h1-4,7-9,11,33-34H,5-6,10,14-29H2,(H,43,49)(H,44,48)(H,51,52)(H,53,54)(H,55,56)(H2,45,46,57)/t33-,34-/m0/s1.